The second-order valence-electron chi connectivity index (χ2n) is 4.02. The molecule has 1 aliphatic rings. The zero-order chi connectivity index (χ0) is 9.97. The van der Waals surface area contributed by atoms with Crippen molar-refractivity contribution in [1.82, 2.24) is 0 Å². The van der Waals surface area contributed by atoms with Crippen molar-refractivity contribution in [2.75, 3.05) is 18.0 Å². The minimum Gasteiger partial charge on any atom is -0.368 e. The highest BCUT2D eigenvalue weighted by molar-refractivity contribution is 5.59. The van der Waals surface area contributed by atoms with Crippen molar-refractivity contribution < 1.29 is 0 Å². The molecule has 1 aliphatic heterocycles. The lowest BCUT2D eigenvalue weighted by Crippen LogP contribution is -2.31. The van der Waals surface area contributed by atoms with Crippen LogP contribution in [0.3, 0.4) is 0 Å². The van der Waals surface area contributed by atoms with E-state index in [1.165, 1.54) is 17.7 Å². The molecule has 2 rings (SSSR count). The molecule has 2 nitrogen and oxygen atoms in total. The lowest BCUT2D eigenvalue weighted by atomic mass is 10.1. The lowest BCUT2D eigenvalue weighted by Gasteiger charge is -2.24. The maximum absolute atomic E-state index is 5.55. The number of nitrogens with two attached hydrogens (primary N) is 1. The Bertz CT molecular complexity index is 309. The molecule has 1 heterocycles. The first-order valence-electron chi connectivity index (χ1n) is 5.37. The average molecular weight is 190 g/mol. The molecule has 2 N–H and O–H groups in total. The molecule has 14 heavy (non-hydrogen) atoms. The first kappa shape index (κ1) is 9.53. The van der Waals surface area contributed by atoms with Gasteiger partial charge in [0.25, 0.3) is 0 Å². The molecule has 2 heteroatoms. The molecular formula is C12H18N2. The Morgan fingerprint density at radius 1 is 1.43 bits per heavy atom. The van der Waals surface area contributed by atoms with E-state index in [2.05, 4.69) is 36.1 Å². The fourth-order valence-electron chi connectivity index (χ4n) is 2.23. The molecule has 0 aliphatic carbocycles. The van der Waals surface area contributed by atoms with Crippen molar-refractivity contribution in [1.29, 1.82) is 0 Å². The van der Waals surface area contributed by atoms with Crippen LogP contribution in [0.4, 0.5) is 5.69 Å². The van der Waals surface area contributed by atoms with E-state index < -0.39 is 0 Å². The van der Waals surface area contributed by atoms with E-state index >= 15 is 0 Å². The summed E-state index contributed by atoms with van der Waals surface area (Å²) in [5.41, 5.74) is 8.44. The maximum atomic E-state index is 5.55. The van der Waals surface area contributed by atoms with Crippen LogP contribution in [0.2, 0.25) is 0 Å². The number of benzene rings is 1. The van der Waals surface area contributed by atoms with Crippen molar-refractivity contribution in [2.45, 2.75) is 25.8 Å². The molecule has 0 bridgehead atoms. The summed E-state index contributed by atoms with van der Waals surface area (Å²) in [5.74, 6) is 0. The highest BCUT2D eigenvalue weighted by Crippen LogP contribution is 2.31. The minimum absolute atomic E-state index is 0.638. The van der Waals surface area contributed by atoms with Crippen molar-refractivity contribution in [3.63, 3.8) is 0 Å². The Morgan fingerprint density at radius 2 is 2.21 bits per heavy atom. The number of hydrogen-bond donors (Lipinski definition) is 1. The van der Waals surface area contributed by atoms with Crippen LogP contribution in [0.5, 0.6) is 0 Å². The predicted molar refractivity (Wildman–Crippen MR) is 60.6 cm³/mol. The summed E-state index contributed by atoms with van der Waals surface area (Å²) in [6.45, 7) is 4.16. The van der Waals surface area contributed by atoms with Gasteiger partial charge in [-0.1, -0.05) is 18.2 Å². The second kappa shape index (κ2) is 4.01. The van der Waals surface area contributed by atoms with Crippen LogP contribution < -0.4 is 10.6 Å². The van der Waals surface area contributed by atoms with Gasteiger partial charge < -0.3 is 10.6 Å². The van der Waals surface area contributed by atoms with Gasteiger partial charge in [0, 0.05) is 18.3 Å². The summed E-state index contributed by atoms with van der Waals surface area (Å²) in [6.07, 6.45) is 2.26. The fraction of sp³-hybridized carbons (Fsp3) is 0.500. The minimum atomic E-state index is 0.638. The number of hydrogen-bond acceptors (Lipinski definition) is 2. The molecule has 0 radical (unpaired) electrons. The van der Waals surface area contributed by atoms with E-state index in [1.807, 2.05) is 0 Å². The van der Waals surface area contributed by atoms with Gasteiger partial charge in [0.1, 0.15) is 0 Å². The highest BCUT2D eigenvalue weighted by Gasteiger charge is 2.24. The van der Waals surface area contributed by atoms with E-state index in [1.54, 1.807) is 0 Å². The van der Waals surface area contributed by atoms with Crippen LogP contribution in [0.15, 0.2) is 24.3 Å². The Kier molecular flexibility index (Phi) is 2.73. The van der Waals surface area contributed by atoms with Crippen LogP contribution in [-0.2, 0) is 6.42 Å². The van der Waals surface area contributed by atoms with Gasteiger partial charge in [0.05, 0.1) is 0 Å². The third kappa shape index (κ3) is 1.62. The first-order valence-corrected chi connectivity index (χ1v) is 5.37. The Morgan fingerprint density at radius 3 is 3.00 bits per heavy atom. The zero-order valence-corrected chi connectivity index (χ0v) is 8.74. The van der Waals surface area contributed by atoms with Crippen LogP contribution >= 0.6 is 0 Å². The van der Waals surface area contributed by atoms with Crippen LogP contribution in [0, 0.1) is 0 Å². The molecule has 1 aromatic carbocycles. The van der Waals surface area contributed by atoms with Crippen molar-refractivity contribution in [2.24, 2.45) is 5.73 Å². The monoisotopic (exact) mass is 190 g/mol. The van der Waals surface area contributed by atoms with Gasteiger partial charge in [-0.2, -0.15) is 0 Å². The van der Waals surface area contributed by atoms with E-state index in [9.17, 15) is 0 Å². The normalized spacial score (nSPS) is 19.9. The number of anilines is 1. The number of rotatable bonds is 3. The van der Waals surface area contributed by atoms with Gasteiger partial charge in [0.2, 0.25) is 0 Å². The molecule has 0 saturated carbocycles. The van der Waals surface area contributed by atoms with Gasteiger partial charge in [-0.05, 0) is 37.9 Å². The Hall–Kier alpha value is -1.02. The molecule has 0 amide bonds. The molecule has 0 spiro atoms. The topological polar surface area (TPSA) is 29.3 Å². The molecule has 76 valence electrons. The Labute approximate surface area is 85.7 Å². The molecular weight excluding hydrogens is 172 g/mol. The quantitative estimate of drug-likeness (QED) is 0.787. The number of nitrogens with zero attached hydrogens (tertiary/aromatic N) is 1. The molecule has 1 atom stereocenters. The summed E-state index contributed by atoms with van der Waals surface area (Å²) in [4.78, 5) is 2.47. The van der Waals surface area contributed by atoms with Crippen LogP contribution in [-0.4, -0.2) is 19.1 Å². The summed E-state index contributed by atoms with van der Waals surface area (Å²) in [5, 5.41) is 0. The summed E-state index contributed by atoms with van der Waals surface area (Å²) >= 11 is 0. The highest BCUT2D eigenvalue weighted by atomic mass is 15.2. The molecule has 0 saturated heterocycles. The molecule has 0 aromatic heterocycles. The van der Waals surface area contributed by atoms with E-state index in [-0.39, 0.29) is 0 Å². The Balaban J connectivity index is 2.17. The number of fused-ring (bicyclic) bond motifs is 1. The van der Waals surface area contributed by atoms with Gasteiger partial charge in [0.15, 0.2) is 0 Å². The number of para-hydroxylation sites is 1. The predicted octanol–water partition coefficient (Wildman–Crippen LogP) is 1.79. The molecule has 0 unspecified atom stereocenters. The summed E-state index contributed by atoms with van der Waals surface area (Å²) < 4.78 is 0. The average Bonchev–Trinajstić information content (AvgIpc) is 2.51. The van der Waals surface area contributed by atoms with Gasteiger partial charge in [-0.3, -0.25) is 0 Å². The van der Waals surface area contributed by atoms with Crippen molar-refractivity contribution >= 4 is 5.69 Å². The summed E-state index contributed by atoms with van der Waals surface area (Å²) in [7, 11) is 0. The third-order valence-corrected chi connectivity index (χ3v) is 2.95. The van der Waals surface area contributed by atoms with Crippen molar-refractivity contribution in [3.8, 4) is 0 Å². The van der Waals surface area contributed by atoms with E-state index in [0.29, 0.717) is 6.04 Å². The first-order chi connectivity index (χ1) is 6.83. The van der Waals surface area contributed by atoms with E-state index in [4.69, 9.17) is 5.73 Å². The largest absolute Gasteiger partial charge is 0.368 e. The SMILES string of the molecule is C[C@H]1Cc2ccccc2N1CCCN. The lowest BCUT2D eigenvalue weighted by molar-refractivity contribution is 0.651. The standard InChI is InChI=1S/C12H18N2/c1-10-9-11-5-2-3-6-12(11)14(10)8-4-7-13/h2-3,5-6,10H,4,7-9,13H2,1H3/t10-/m0/s1. The van der Waals surface area contributed by atoms with Crippen LogP contribution in [0.25, 0.3) is 0 Å². The smallest absolute Gasteiger partial charge is 0.0402 e. The molecule has 1 aromatic rings. The maximum Gasteiger partial charge on any atom is 0.0402 e. The van der Waals surface area contributed by atoms with Gasteiger partial charge in [-0.15, -0.1) is 0 Å². The summed E-state index contributed by atoms with van der Waals surface area (Å²) in [6, 6.07) is 9.33. The fourth-order valence-corrected chi connectivity index (χ4v) is 2.23. The van der Waals surface area contributed by atoms with Gasteiger partial charge >= 0.3 is 0 Å². The van der Waals surface area contributed by atoms with Crippen molar-refractivity contribution in [3.05, 3.63) is 29.8 Å². The second-order valence-corrected chi connectivity index (χ2v) is 4.02. The zero-order valence-electron chi connectivity index (χ0n) is 8.74. The van der Waals surface area contributed by atoms with E-state index in [0.717, 1.165) is 19.5 Å². The van der Waals surface area contributed by atoms with Crippen LogP contribution in [0.1, 0.15) is 18.9 Å². The third-order valence-electron chi connectivity index (χ3n) is 2.95. The van der Waals surface area contributed by atoms with Gasteiger partial charge in [-0.25, -0.2) is 0 Å². The molecule has 0 fully saturated rings.